The molecule has 2 aliphatic heterocycles. The zero-order valence-electron chi connectivity index (χ0n) is 21.1. The lowest BCUT2D eigenvalue weighted by Crippen LogP contribution is -2.44. The normalized spacial score (nSPS) is 24.5. The molecule has 3 heterocycles. The number of likely N-dealkylation sites (N-methyl/N-ethyl adjacent to an activating group) is 1. The average molecular weight is 522 g/mol. The average Bonchev–Trinajstić information content (AvgIpc) is 3.12. The molecule has 0 fully saturated rings. The summed E-state index contributed by atoms with van der Waals surface area (Å²) < 4.78 is 14.1. The monoisotopic (exact) mass is 521 g/mol. The Hall–Kier alpha value is -3.23. The van der Waals surface area contributed by atoms with Crippen LogP contribution in [0.2, 0.25) is 5.02 Å². The van der Waals surface area contributed by atoms with Crippen LogP contribution < -0.4 is 10.2 Å². The first-order chi connectivity index (χ1) is 17.6. The summed E-state index contributed by atoms with van der Waals surface area (Å²) in [5, 5.41) is 13.6. The number of carboxylic acid groups (broad SMARTS) is 1. The molecule has 3 aliphatic rings. The molecule has 0 saturated carbocycles. The van der Waals surface area contributed by atoms with E-state index in [2.05, 4.69) is 41.3 Å². The van der Waals surface area contributed by atoms with Crippen LogP contribution in [0.15, 0.2) is 36.5 Å². The Morgan fingerprint density at radius 2 is 1.97 bits per heavy atom. The molecule has 3 aromatic rings. The summed E-state index contributed by atoms with van der Waals surface area (Å²) in [4.78, 5) is 25.4. The number of anilines is 4. The van der Waals surface area contributed by atoms with Crippen LogP contribution >= 0.6 is 11.6 Å². The molecule has 9 heteroatoms. The summed E-state index contributed by atoms with van der Waals surface area (Å²) >= 11 is 6.53. The Morgan fingerprint density at radius 3 is 2.76 bits per heavy atom. The molecule has 7 nitrogen and oxygen atoms in total. The highest BCUT2D eigenvalue weighted by molar-refractivity contribution is 6.33. The number of hydrogen-bond acceptors (Lipinski definition) is 6. The third kappa shape index (κ3) is 3.85. The number of fused-ring (bicyclic) bond motifs is 1. The van der Waals surface area contributed by atoms with Gasteiger partial charge in [-0.15, -0.1) is 0 Å². The van der Waals surface area contributed by atoms with Gasteiger partial charge in [0.05, 0.1) is 6.20 Å². The van der Waals surface area contributed by atoms with Gasteiger partial charge in [-0.3, -0.25) is 4.79 Å². The number of aromatic nitrogens is 2. The third-order valence-corrected chi connectivity index (χ3v) is 8.43. The van der Waals surface area contributed by atoms with Crippen LogP contribution in [0.4, 0.5) is 27.5 Å². The molecule has 2 atom stereocenters. The lowest BCUT2D eigenvalue weighted by atomic mass is 9.67. The van der Waals surface area contributed by atoms with Crippen LogP contribution in [0, 0.1) is 5.82 Å². The van der Waals surface area contributed by atoms with E-state index in [-0.39, 0.29) is 17.0 Å². The summed E-state index contributed by atoms with van der Waals surface area (Å²) in [5.41, 5.74) is 4.96. The topological polar surface area (TPSA) is 81.6 Å². The Balaban J connectivity index is 1.37. The fourth-order valence-electron chi connectivity index (χ4n) is 6.61. The van der Waals surface area contributed by atoms with Crippen LogP contribution in [-0.4, -0.2) is 46.1 Å². The Labute approximate surface area is 220 Å². The van der Waals surface area contributed by atoms with E-state index >= 15 is 0 Å². The van der Waals surface area contributed by atoms with Crippen molar-refractivity contribution in [1.29, 1.82) is 0 Å². The van der Waals surface area contributed by atoms with Gasteiger partial charge in [0, 0.05) is 36.4 Å². The predicted octanol–water partition coefficient (Wildman–Crippen LogP) is 5.55. The second kappa shape index (κ2) is 8.39. The van der Waals surface area contributed by atoms with E-state index in [1.54, 1.807) is 17.9 Å². The zero-order chi connectivity index (χ0) is 26.1. The maximum atomic E-state index is 14.1. The molecule has 2 N–H and O–H groups in total. The van der Waals surface area contributed by atoms with Crippen molar-refractivity contribution < 1.29 is 14.3 Å². The van der Waals surface area contributed by atoms with Gasteiger partial charge in [0.25, 0.3) is 0 Å². The van der Waals surface area contributed by atoms with Gasteiger partial charge in [0.15, 0.2) is 5.82 Å². The SMILES string of the molecule is CN1Cc2cc(Nc3ncc(Cl)c(N4CC(C)(C(=O)O)c5cc(F)ccc54)n3)cc3c2C(C)(CCC3)C1. The minimum absolute atomic E-state index is 0.0746. The van der Waals surface area contributed by atoms with E-state index in [1.165, 1.54) is 47.9 Å². The van der Waals surface area contributed by atoms with Crippen molar-refractivity contribution >= 4 is 40.7 Å². The number of nitrogens with one attached hydrogen (secondary N) is 1. The molecule has 6 rings (SSSR count). The van der Waals surface area contributed by atoms with Gasteiger partial charge in [-0.1, -0.05) is 18.5 Å². The number of carboxylic acids is 1. The van der Waals surface area contributed by atoms with E-state index in [0.717, 1.165) is 25.2 Å². The Morgan fingerprint density at radius 1 is 1.19 bits per heavy atom. The number of halogens is 2. The van der Waals surface area contributed by atoms with Crippen LogP contribution in [0.3, 0.4) is 0 Å². The van der Waals surface area contributed by atoms with E-state index in [0.29, 0.717) is 23.0 Å². The summed E-state index contributed by atoms with van der Waals surface area (Å²) in [6.07, 6.45) is 4.93. The predicted molar refractivity (Wildman–Crippen MR) is 142 cm³/mol. The minimum atomic E-state index is -1.31. The van der Waals surface area contributed by atoms with E-state index in [9.17, 15) is 14.3 Å². The molecule has 0 spiro atoms. The van der Waals surface area contributed by atoms with Crippen LogP contribution in [0.25, 0.3) is 0 Å². The van der Waals surface area contributed by atoms with Gasteiger partial charge in [0.2, 0.25) is 5.95 Å². The number of aliphatic carboxylic acids is 1. The summed E-state index contributed by atoms with van der Waals surface area (Å²) in [6, 6.07) is 8.56. The maximum absolute atomic E-state index is 14.1. The zero-order valence-corrected chi connectivity index (χ0v) is 21.9. The highest BCUT2D eigenvalue weighted by Crippen LogP contribution is 2.47. The Bertz CT molecular complexity index is 1450. The van der Waals surface area contributed by atoms with Crippen molar-refractivity contribution in [2.75, 3.05) is 30.4 Å². The lowest BCUT2D eigenvalue weighted by Gasteiger charge is -2.45. The molecular weight excluding hydrogens is 493 g/mol. The van der Waals surface area contributed by atoms with Crippen molar-refractivity contribution in [1.82, 2.24) is 14.9 Å². The standard InChI is InChI=1S/C28H29ClFN5O2/c1-27-8-4-5-16-9-19(10-17(23(16)27)13-34(3)14-27)32-26-31-12-21(29)24(33-26)35-15-28(2,25(36)37)20-11-18(30)6-7-22(20)35/h6-7,9-12H,4-5,8,13-15H2,1-3H3,(H,36,37)(H,31,32,33). The molecule has 1 aliphatic carbocycles. The molecule has 0 bridgehead atoms. The largest absolute Gasteiger partial charge is 0.481 e. The van der Waals surface area contributed by atoms with E-state index in [1.807, 2.05) is 0 Å². The van der Waals surface area contributed by atoms with E-state index in [4.69, 9.17) is 16.6 Å². The van der Waals surface area contributed by atoms with Gasteiger partial charge in [-0.25, -0.2) is 9.37 Å². The number of aryl methyl sites for hydroxylation is 1. The van der Waals surface area contributed by atoms with Crippen molar-refractivity contribution in [3.05, 3.63) is 69.6 Å². The Kier molecular flexibility index (Phi) is 5.47. The van der Waals surface area contributed by atoms with Gasteiger partial charge in [-0.2, -0.15) is 4.98 Å². The number of nitrogens with zero attached hydrogens (tertiary/aromatic N) is 4. The fourth-order valence-corrected chi connectivity index (χ4v) is 6.81. The molecule has 0 saturated heterocycles. The quantitative estimate of drug-likeness (QED) is 0.466. The number of rotatable bonds is 4. The second-order valence-corrected chi connectivity index (χ2v) is 11.5. The smallest absolute Gasteiger partial charge is 0.315 e. The maximum Gasteiger partial charge on any atom is 0.315 e. The summed E-state index contributed by atoms with van der Waals surface area (Å²) in [5.74, 6) is -0.779. The summed E-state index contributed by atoms with van der Waals surface area (Å²) in [7, 11) is 2.17. The van der Waals surface area contributed by atoms with Crippen LogP contribution in [0.5, 0.6) is 0 Å². The third-order valence-electron chi connectivity index (χ3n) is 8.17. The highest BCUT2D eigenvalue weighted by Gasteiger charge is 2.46. The fraction of sp³-hybridized carbons (Fsp3) is 0.393. The van der Waals surface area contributed by atoms with Crippen molar-refractivity contribution in [3.8, 4) is 0 Å². The van der Waals surface area contributed by atoms with Crippen LogP contribution in [-0.2, 0) is 28.6 Å². The number of carbonyl (C=O) groups is 1. The van der Waals surface area contributed by atoms with Crippen molar-refractivity contribution in [2.24, 2.45) is 0 Å². The molecule has 2 unspecified atom stereocenters. The lowest BCUT2D eigenvalue weighted by molar-refractivity contribution is -0.142. The van der Waals surface area contributed by atoms with Gasteiger partial charge >= 0.3 is 5.97 Å². The highest BCUT2D eigenvalue weighted by atomic mass is 35.5. The molecule has 192 valence electrons. The second-order valence-electron chi connectivity index (χ2n) is 11.1. The molecular formula is C28H29ClFN5O2. The number of benzene rings is 2. The molecule has 1 aromatic heterocycles. The van der Waals surface area contributed by atoms with Gasteiger partial charge < -0.3 is 20.2 Å². The first kappa shape index (κ1) is 24.1. The van der Waals surface area contributed by atoms with Gasteiger partial charge in [-0.05, 0) is 85.8 Å². The molecule has 37 heavy (non-hydrogen) atoms. The van der Waals surface area contributed by atoms with Crippen LogP contribution in [0.1, 0.15) is 48.9 Å². The first-order valence-corrected chi connectivity index (χ1v) is 12.9. The van der Waals surface area contributed by atoms with E-state index < -0.39 is 17.2 Å². The minimum Gasteiger partial charge on any atom is -0.481 e. The van der Waals surface area contributed by atoms with Crippen molar-refractivity contribution in [2.45, 2.75) is 50.5 Å². The first-order valence-electron chi connectivity index (χ1n) is 12.5. The molecule has 0 radical (unpaired) electrons. The van der Waals surface area contributed by atoms with Crippen molar-refractivity contribution in [3.63, 3.8) is 0 Å². The summed E-state index contributed by atoms with van der Waals surface area (Å²) in [6.45, 7) is 6.00. The molecule has 2 aromatic carbocycles. The number of hydrogen-bond donors (Lipinski definition) is 2. The molecule has 0 amide bonds. The van der Waals surface area contributed by atoms with Gasteiger partial charge in [0.1, 0.15) is 16.3 Å².